The van der Waals surface area contributed by atoms with Gasteiger partial charge in [0.25, 0.3) is 0 Å². The highest BCUT2D eigenvalue weighted by molar-refractivity contribution is 6.26. The van der Waals surface area contributed by atoms with Crippen molar-refractivity contribution in [1.82, 2.24) is 66.4 Å². The third-order valence-electron chi connectivity index (χ3n) is 27.3. The van der Waals surface area contributed by atoms with Crippen LogP contribution in [0.25, 0.3) is 255 Å². The van der Waals surface area contributed by atoms with Gasteiger partial charge < -0.3 is 18.3 Å². The first-order valence-corrected chi connectivity index (χ1v) is 45.3. The second kappa shape index (κ2) is 29.6. The van der Waals surface area contributed by atoms with Crippen LogP contribution in [0, 0.1) is 0 Å². The summed E-state index contributed by atoms with van der Waals surface area (Å²) in [5.74, 6) is 3.32. The molecule has 10 aromatic heterocycles. The minimum Gasteiger partial charge on any atom is -0.309 e. The van der Waals surface area contributed by atoms with Gasteiger partial charge in [0.2, 0.25) is 23.8 Å². The van der Waals surface area contributed by atoms with E-state index in [1.165, 1.54) is 54.4 Å². The molecule has 0 aliphatic rings. The minimum absolute atomic E-state index is 0.525. The molecule has 0 unspecified atom stereocenters. The predicted molar refractivity (Wildman–Crippen MR) is 551 cm³/mol. The van der Waals surface area contributed by atoms with Crippen LogP contribution in [0.5, 0.6) is 0 Å². The molecule has 0 spiro atoms. The Bertz CT molecular complexity index is 9290. The van der Waals surface area contributed by atoms with Crippen molar-refractivity contribution in [2.24, 2.45) is 0 Å². The van der Waals surface area contributed by atoms with E-state index in [1.54, 1.807) is 0 Å². The monoisotopic (exact) mass is 1710 g/mol. The molecule has 0 aliphatic carbocycles. The quantitative estimate of drug-likeness (QED) is 0.127. The number of aromatic nitrogens is 14. The first-order chi connectivity index (χ1) is 66.5. The SMILES string of the molecule is c1ccc(-c2ccc(-c3nc(-n4c5ccccc5c5ccc6c7ccccc7n(-c7ccccc7)c6c54)nc(-n4c5ccccc5c5ccc6c7ccccc7n(-c7ccccc7)c6c54)n3)cc2)cc1.c1ccc(-c2nc(-n3c4ccccc4c4cc(-n5c6ccccc6c6ccccc65)ccc43)nc(-n3c4ccccc4c4cc(-n5c6ccccc6c6ccccc65)ccc43)n2)cc1. The second-order valence-electron chi connectivity index (χ2n) is 34.5. The fourth-order valence-corrected chi connectivity index (χ4v) is 21.5. The highest BCUT2D eigenvalue weighted by Gasteiger charge is 2.30. The zero-order chi connectivity index (χ0) is 87.7. The van der Waals surface area contributed by atoms with Crippen molar-refractivity contribution in [1.29, 1.82) is 0 Å². The summed E-state index contributed by atoms with van der Waals surface area (Å²) in [4.78, 5) is 32.9. The van der Waals surface area contributed by atoms with Crippen molar-refractivity contribution in [3.8, 4) is 80.4 Å². The average molecular weight is 1710 g/mol. The van der Waals surface area contributed by atoms with Gasteiger partial charge in [0.1, 0.15) is 0 Å². The lowest BCUT2D eigenvalue weighted by Gasteiger charge is -2.15. The Balaban J connectivity index is 0.000000134. The van der Waals surface area contributed by atoms with E-state index in [4.69, 9.17) is 29.9 Å². The molecular weight excluding hydrogens is 1640 g/mol. The molecule has 624 valence electrons. The minimum atomic E-state index is 0.525. The molecule has 0 N–H and O–H groups in total. The number of fused-ring (bicyclic) bond motifs is 26. The van der Waals surface area contributed by atoms with Gasteiger partial charge in [-0.25, -0.2) is 0 Å². The van der Waals surface area contributed by atoms with E-state index >= 15 is 0 Å². The lowest BCUT2D eigenvalue weighted by molar-refractivity contribution is 0.892. The third-order valence-corrected chi connectivity index (χ3v) is 27.3. The number of para-hydroxylation sites is 12. The van der Waals surface area contributed by atoms with Crippen molar-refractivity contribution in [2.45, 2.75) is 0 Å². The zero-order valence-corrected chi connectivity index (χ0v) is 72.0. The summed E-state index contributed by atoms with van der Waals surface area (Å²) in [7, 11) is 0. The van der Waals surface area contributed by atoms with Gasteiger partial charge >= 0.3 is 0 Å². The highest BCUT2D eigenvalue weighted by Crippen LogP contribution is 2.47. The van der Waals surface area contributed by atoms with Crippen LogP contribution in [-0.4, -0.2) is 66.4 Å². The molecule has 0 amide bonds. The summed E-state index contributed by atoms with van der Waals surface area (Å²) in [5.41, 5.74) is 25.7. The Morgan fingerprint density at radius 2 is 0.328 bits per heavy atom. The molecule has 14 heteroatoms. The van der Waals surface area contributed by atoms with Gasteiger partial charge in [0, 0.05) is 120 Å². The van der Waals surface area contributed by atoms with Crippen molar-refractivity contribution < 1.29 is 0 Å². The Kier molecular flexibility index (Phi) is 16.5. The largest absolute Gasteiger partial charge is 0.309 e. The average Bonchev–Trinajstić information content (AvgIpc) is 1.54. The molecule has 0 saturated heterocycles. The molecule has 29 aromatic rings. The fourth-order valence-electron chi connectivity index (χ4n) is 21.5. The van der Waals surface area contributed by atoms with Crippen molar-refractivity contribution >= 4 is 174 Å². The van der Waals surface area contributed by atoms with Crippen molar-refractivity contribution in [2.75, 3.05) is 0 Å². The van der Waals surface area contributed by atoms with Crippen LogP contribution in [0.2, 0.25) is 0 Å². The third kappa shape index (κ3) is 11.3. The van der Waals surface area contributed by atoms with Crippen molar-refractivity contribution in [3.05, 3.63) is 449 Å². The fraction of sp³-hybridized carbons (Fsp3) is 0. The molecule has 0 saturated carbocycles. The molecule has 134 heavy (non-hydrogen) atoms. The molecule has 19 aromatic carbocycles. The summed E-state index contributed by atoms with van der Waals surface area (Å²) in [6, 6.07) is 160. The summed E-state index contributed by atoms with van der Waals surface area (Å²) < 4.78 is 18.5. The lowest BCUT2D eigenvalue weighted by atomic mass is 10.0. The number of hydrogen-bond acceptors (Lipinski definition) is 6. The van der Waals surface area contributed by atoms with Crippen LogP contribution >= 0.6 is 0 Å². The van der Waals surface area contributed by atoms with Crippen LogP contribution in [0.4, 0.5) is 0 Å². The highest BCUT2D eigenvalue weighted by atomic mass is 15.3. The van der Waals surface area contributed by atoms with E-state index in [2.05, 4.69) is 467 Å². The molecule has 0 fully saturated rings. The first-order valence-electron chi connectivity index (χ1n) is 45.3. The maximum atomic E-state index is 5.72. The van der Waals surface area contributed by atoms with Crippen molar-refractivity contribution in [3.63, 3.8) is 0 Å². The number of benzene rings is 19. The van der Waals surface area contributed by atoms with Crippen LogP contribution < -0.4 is 0 Å². The van der Waals surface area contributed by atoms with E-state index in [1.807, 2.05) is 18.2 Å². The topological polar surface area (TPSA) is 117 Å². The Morgan fingerprint density at radius 3 is 0.649 bits per heavy atom. The maximum absolute atomic E-state index is 5.72. The normalized spacial score (nSPS) is 12.0. The summed E-state index contributed by atoms with van der Waals surface area (Å²) in [5, 5.41) is 18.6. The molecule has 14 nitrogen and oxygen atoms in total. The standard InChI is InChI=1S/C63H39N7.C57H35N7/c1-4-18-40(19-5-1)41-32-34-42(35-33-41)61-64-62(69-55-30-16-12-26-47(55)51-38-36-49-45-24-10-14-28-53(45)67(57(49)59(51)69)43-20-6-2-7-21-43)66-63(65-61)70-56-31-17-13-27-48(56)52-39-37-50-46-25-11-15-29-54(46)68(58(50)60(52)70)44-22-8-3-9-23-44;1-2-16-36(17-3-1)55-58-56(63-51-28-14-8-22-43(51)45-34-37(30-32-53(45)63)61-47-24-10-4-18-39(47)40-19-5-11-25-48(40)61)60-57(59-55)64-52-29-15-9-23-44(52)46-35-38(31-33-54(46)64)62-49-26-12-6-20-41(49)42-21-7-13-27-50(42)62/h1-39H;1-35H. The molecular formula is C120H74N14. The number of hydrogen-bond donors (Lipinski definition) is 0. The lowest BCUT2D eigenvalue weighted by Crippen LogP contribution is -2.11. The molecule has 0 bridgehead atoms. The summed E-state index contributed by atoms with van der Waals surface area (Å²) in [6.45, 7) is 0. The first kappa shape index (κ1) is 74.7. The molecule has 10 heterocycles. The molecule has 0 atom stereocenters. The number of rotatable bonds is 11. The van der Waals surface area contributed by atoms with Gasteiger partial charge in [-0.15, -0.1) is 0 Å². The van der Waals surface area contributed by atoms with E-state index in [0.29, 0.717) is 35.4 Å². The molecule has 29 rings (SSSR count). The van der Waals surface area contributed by atoms with Crippen LogP contribution in [0.3, 0.4) is 0 Å². The van der Waals surface area contributed by atoms with Gasteiger partial charge in [-0.1, -0.05) is 328 Å². The van der Waals surface area contributed by atoms with E-state index in [-0.39, 0.29) is 0 Å². The summed E-state index contributed by atoms with van der Waals surface area (Å²) >= 11 is 0. The van der Waals surface area contributed by atoms with E-state index in [0.717, 1.165) is 165 Å². The zero-order valence-electron chi connectivity index (χ0n) is 72.0. The smallest absolute Gasteiger partial charge is 0.240 e. The van der Waals surface area contributed by atoms with Gasteiger partial charge in [-0.05, 0) is 132 Å². The second-order valence-corrected chi connectivity index (χ2v) is 34.5. The van der Waals surface area contributed by atoms with Gasteiger partial charge in [-0.3, -0.25) is 18.3 Å². The Hall–Kier alpha value is -18.4. The van der Waals surface area contributed by atoms with Crippen LogP contribution in [0.15, 0.2) is 449 Å². The van der Waals surface area contributed by atoms with E-state index in [9.17, 15) is 0 Å². The molecule has 0 radical (unpaired) electrons. The molecule has 0 aliphatic heterocycles. The van der Waals surface area contributed by atoms with E-state index < -0.39 is 0 Å². The number of nitrogens with zero attached hydrogens (tertiary/aromatic N) is 14. The van der Waals surface area contributed by atoms with Crippen LogP contribution in [0.1, 0.15) is 0 Å². The predicted octanol–water partition coefficient (Wildman–Crippen LogP) is 29.5. The van der Waals surface area contributed by atoms with Crippen LogP contribution in [-0.2, 0) is 0 Å². The van der Waals surface area contributed by atoms with Gasteiger partial charge in [0.15, 0.2) is 11.6 Å². The summed E-state index contributed by atoms with van der Waals surface area (Å²) in [6.07, 6.45) is 0. The maximum Gasteiger partial charge on any atom is 0.240 e. The van der Waals surface area contributed by atoms with Gasteiger partial charge in [-0.2, -0.15) is 29.9 Å². The van der Waals surface area contributed by atoms with Gasteiger partial charge in [0.05, 0.1) is 88.3 Å². The Morgan fingerprint density at radius 1 is 0.119 bits per heavy atom. The Labute approximate surface area is 765 Å².